The number of likely N-dealkylation sites (N-methyl/N-ethyl adjacent to an activating group) is 1. The topological polar surface area (TPSA) is 46.6 Å². The number of alkyl halides is 3. The zero-order valence-electron chi connectivity index (χ0n) is 12.4. The van der Waals surface area contributed by atoms with E-state index in [9.17, 15) is 21.6 Å². The van der Waals surface area contributed by atoms with Crippen LogP contribution in [0.25, 0.3) is 5.57 Å². The predicted molar refractivity (Wildman–Crippen MR) is 78.6 cm³/mol. The van der Waals surface area contributed by atoms with Gasteiger partial charge < -0.3 is 4.18 Å². The molecule has 126 valence electrons. The predicted octanol–water partition coefficient (Wildman–Crippen LogP) is 3.13. The van der Waals surface area contributed by atoms with Crippen molar-refractivity contribution in [3.63, 3.8) is 0 Å². The van der Waals surface area contributed by atoms with Gasteiger partial charge in [-0.3, -0.25) is 4.90 Å². The summed E-state index contributed by atoms with van der Waals surface area (Å²) in [6.45, 7) is 0. The Hall–Kier alpha value is -1.54. The quantitative estimate of drug-likeness (QED) is 0.623. The van der Waals surface area contributed by atoms with Crippen LogP contribution in [0.3, 0.4) is 0 Å². The largest absolute Gasteiger partial charge is 0.534 e. The Balaban J connectivity index is 2.08. The van der Waals surface area contributed by atoms with Crippen LogP contribution in [0.4, 0.5) is 13.2 Å². The standard InChI is InChI=1S/C15H16F3NO3S/c1-19-11-7-8-13(19)14(22-23(20,21)15(16,17)18)12(9-11)10-5-3-2-4-6-10/h2-6,11,13H,7-9H2,1H3/t11-,13+/m0/s1. The lowest BCUT2D eigenvalue weighted by Gasteiger charge is -2.34. The molecule has 0 saturated carbocycles. The first kappa shape index (κ1) is 16.3. The van der Waals surface area contributed by atoms with Gasteiger partial charge >= 0.3 is 15.6 Å². The second-order valence-electron chi connectivity index (χ2n) is 5.81. The Kier molecular flexibility index (Phi) is 3.92. The maximum atomic E-state index is 12.7. The van der Waals surface area contributed by atoms with Gasteiger partial charge in [0, 0.05) is 11.6 Å². The second kappa shape index (κ2) is 5.52. The third-order valence-electron chi connectivity index (χ3n) is 4.49. The molecule has 23 heavy (non-hydrogen) atoms. The van der Waals surface area contributed by atoms with E-state index in [1.807, 2.05) is 4.90 Å². The molecule has 0 aromatic heterocycles. The van der Waals surface area contributed by atoms with Crippen LogP contribution in [-0.2, 0) is 14.3 Å². The Bertz CT molecular complexity index is 728. The van der Waals surface area contributed by atoms with Gasteiger partial charge in [0.1, 0.15) is 5.76 Å². The summed E-state index contributed by atoms with van der Waals surface area (Å²) in [5.41, 5.74) is -4.19. The van der Waals surface area contributed by atoms with Gasteiger partial charge in [0.05, 0.1) is 6.04 Å². The number of rotatable bonds is 3. The van der Waals surface area contributed by atoms with Crippen molar-refractivity contribution in [3.05, 3.63) is 41.7 Å². The van der Waals surface area contributed by atoms with Gasteiger partial charge in [-0.05, 0) is 31.9 Å². The third kappa shape index (κ3) is 2.85. The monoisotopic (exact) mass is 347 g/mol. The van der Waals surface area contributed by atoms with E-state index in [0.717, 1.165) is 6.42 Å². The second-order valence-corrected chi connectivity index (χ2v) is 7.35. The minimum absolute atomic E-state index is 0.0928. The first-order chi connectivity index (χ1) is 10.7. The molecule has 0 spiro atoms. The first-order valence-corrected chi connectivity index (χ1v) is 8.62. The molecule has 1 aromatic carbocycles. The number of hydrogen-bond acceptors (Lipinski definition) is 4. The molecule has 0 N–H and O–H groups in total. The van der Waals surface area contributed by atoms with Crippen molar-refractivity contribution >= 4 is 15.7 Å². The van der Waals surface area contributed by atoms with Crippen LogP contribution in [0.1, 0.15) is 24.8 Å². The van der Waals surface area contributed by atoms with E-state index in [1.54, 1.807) is 37.4 Å². The van der Waals surface area contributed by atoms with Crippen LogP contribution in [0.5, 0.6) is 0 Å². The maximum absolute atomic E-state index is 12.7. The van der Waals surface area contributed by atoms with Crippen molar-refractivity contribution in [1.29, 1.82) is 0 Å². The van der Waals surface area contributed by atoms with E-state index in [4.69, 9.17) is 0 Å². The van der Waals surface area contributed by atoms with Gasteiger partial charge in [-0.1, -0.05) is 30.3 Å². The zero-order valence-corrected chi connectivity index (χ0v) is 13.2. The zero-order chi connectivity index (χ0) is 16.8. The molecule has 3 rings (SSSR count). The van der Waals surface area contributed by atoms with Crippen molar-refractivity contribution in [3.8, 4) is 0 Å². The van der Waals surface area contributed by atoms with Crippen molar-refractivity contribution < 1.29 is 25.8 Å². The summed E-state index contributed by atoms with van der Waals surface area (Å²) in [6.07, 6.45) is 1.86. The number of halogens is 3. The van der Waals surface area contributed by atoms with Gasteiger partial charge in [0.25, 0.3) is 0 Å². The van der Waals surface area contributed by atoms with E-state index < -0.39 is 21.7 Å². The highest BCUT2D eigenvalue weighted by Crippen LogP contribution is 2.44. The fraction of sp³-hybridized carbons (Fsp3) is 0.467. The van der Waals surface area contributed by atoms with Crippen molar-refractivity contribution in [2.45, 2.75) is 36.9 Å². The molecule has 2 atom stereocenters. The first-order valence-electron chi connectivity index (χ1n) is 7.22. The van der Waals surface area contributed by atoms with Gasteiger partial charge in [-0.2, -0.15) is 21.6 Å². The van der Waals surface area contributed by atoms with Gasteiger partial charge in [-0.25, -0.2) is 0 Å². The molecule has 1 saturated heterocycles. The third-order valence-corrected chi connectivity index (χ3v) is 5.45. The minimum Gasteiger partial charge on any atom is -0.379 e. The summed E-state index contributed by atoms with van der Waals surface area (Å²) in [5.74, 6) is -0.0928. The summed E-state index contributed by atoms with van der Waals surface area (Å²) in [7, 11) is -3.89. The van der Waals surface area contributed by atoms with E-state index >= 15 is 0 Å². The fourth-order valence-electron chi connectivity index (χ4n) is 3.28. The number of benzene rings is 1. The Morgan fingerprint density at radius 3 is 2.43 bits per heavy atom. The molecule has 2 heterocycles. The highest BCUT2D eigenvalue weighted by Gasteiger charge is 2.51. The molecule has 2 bridgehead atoms. The highest BCUT2D eigenvalue weighted by atomic mass is 32.2. The number of nitrogens with zero attached hydrogens (tertiary/aromatic N) is 1. The summed E-state index contributed by atoms with van der Waals surface area (Å²) >= 11 is 0. The molecule has 0 aliphatic carbocycles. The molecule has 8 heteroatoms. The fourth-order valence-corrected chi connectivity index (χ4v) is 3.82. The van der Waals surface area contributed by atoms with Gasteiger partial charge in [0.2, 0.25) is 0 Å². The van der Waals surface area contributed by atoms with Crippen LogP contribution in [0, 0.1) is 0 Å². The molecular formula is C15H16F3NO3S. The molecule has 0 amide bonds. The molecule has 0 unspecified atom stereocenters. The lowest BCUT2D eigenvalue weighted by Crippen LogP contribution is -2.40. The highest BCUT2D eigenvalue weighted by molar-refractivity contribution is 7.87. The van der Waals surface area contributed by atoms with Crippen molar-refractivity contribution in [2.75, 3.05) is 7.05 Å². The van der Waals surface area contributed by atoms with E-state index in [0.29, 0.717) is 24.0 Å². The van der Waals surface area contributed by atoms with Crippen LogP contribution < -0.4 is 0 Å². The summed E-state index contributed by atoms with van der Waals surface area (Å²) in [6, 6.07) is 8.57. The summed E-state index contributed by atoms with van der Waals surface area (Å²) < 4.78 is 65.7. The Morgan fingerprint density at radius 2 is 1.83 bits per heavy atom. The smallest absolute Gasteiger partial charge is 0.379 e. The van der Waals surface area contributed by atoms with E-state index in [1.165, 1.54) is 0 Å². The minimum atomic E-state index is -5.67. The average Bonchev–Trinajstić information content (AvgIpc) is 2.72. The molecule has 0 radical (unpaired) electrons. The van der Waals surface area contributed by atoms with Crippen molar-refractivity contribution in [1.82, 2.24) is 4.90 Å². The molecule has 2 aliphatic heterocycles. The summed E-state index contributed by atoms with van der Waals surface area (Å²) in [4.78, 5) is 1.90. The Labute approximate surface area is 132 Å². The van der Waals surface area contributed by atoms with Crippen LogP contribution in [-0.4, -0.2) is 38.0 Å². The normalized spacial score (nSPS) is 25.7. The molecular weight excluding hydrogens is 331 g/mol. The molecule has 2 aliphatic rings. The van der Waals surface area contributed by atoms with Gasteiger partial charge in [0.15, 0.2) is 0 Å². The summed E-state index contributed by atoms with van der Waals surface area (Å²) in [5, 5.41) is 0. The number of fused-ring (bicyclic) bond motifs is 2. The molecule has 1 aromatic rings. The van der Waals surface area contributed by atoms with Crippen LogP contribution in [0.15, 0.2) is 36.1 Å². The van der Waals surface area contributed by atoms with Crippen LogP contribution in [0.2, 0.25) is 0 Å². The maximum Gasteiger partial charge on any atom is 0.534 e. The SMILES string of the molecule is CN1[C@H]2CC[C@@H]1C(OS(=O)(=O)C(F)(F)F)=C(c1ccccc1)C2. The van der Waals surface area contributed by atoms with Crippen molar-refractivity contribution in [2.24, 2.45) is 0 Å². The van der Waals surface area contributed by atoms with E-state index in [-0.39, 0.29) is 11.8 Å². The van der Waals surface area contributed by atoms with Gasteiger partial charge in [-0.15, -0.1) is 0 Å². The molecule has 4 nitrogen and oxygen atoms in total. The lowest BCUT2D eigenvalue weighted by atomic mass is 9.94. The number of hydrogen-bond donors (Lipinski definition) is 0. The van der Waals surface area contributed by atoms with Crippen LogP contribution >= 0.6 is 0 Å². The lowest BCUT2D eigenvalue weighted by molar-refractivity contribution is -0.0528. The average molecular weight is 347 g/mol. The Morgan fingerprint density at radius 1 is 1.17 bits per heavy atom. The molecule has 1 fully saturated rings. The van der Waals surface area contributed by atoms with E-state index in [2.05, 4.69) is 4.18 Å².